The van der Waals surface area contributed by atoms with E-state index in [0.29, 0.717) is 11.1 Å². The predicted molar refractivity (Wildman–Crippen MR) is 96.3 cm³/mol. The molecule has 1 aromatic heterocycles. The van der Waals surface area contributed by atoms with Crippen LogP contribution in [0.25, 0.3) is 10.9 Å². The van der Waals surface area contributed by atoms with Gasteiger partial charge in [0.25, 0.3) is 0 Å². The summed E-state index contributed by atoms with van der Waals surface area (Å²) in [7, 11) is 3.39. The number of alkyl halides is 3. The molecule has 1 radical (unpaired) electrons. The second-order valence-corrected chi connectivity index (χ2v) is 6.67. The quantitative estimate of drug-likeness (QED) is 0.588. The van der Waals surface area contributed by atoms with Crippen LogP contribution in [0.15, 0.2) is 30.3 Å². The largest absolute Gasteiger partial charge is 0.416 e. The number of hydrogen-bond donors (Lipinski definition) is 0. The van der Waals surface area contributed by atoms with Crippen LogP contribution in [0.1, 0.15) is 39.6 Å². The fourth-order valence-electron chi connectivity index (χ4n) is 3.59. The van der Waals surface area contributed by atoms with Crippen molar-refractivity contribution < 1.29 is 17.9 Å². The van der Waals surface area contributed by atoms with Crippen molar-refractivity contribution >= 4 is 10.9 Å². The van der Waals surface area contributed by atoms with Gasteiger partial charge in [0.15, 0.2) is 0 Å². The molecule has 0 amide bonds. The van der Waals surface area contributed by atoms with E-state index < -0.39 is 11.7 Å². The van der Waals surface area contributed by atoms with Crippen molar-refractivity contribution in [3.63, 3.8) is 0 Å². The molecule has 26 heavy (non-hydrogen) atoms. The Morgan fingerprint density at radius 1 is 1.08 bits per heavy atom. The lowest BCUT2D eigenvalue weighted by Crippen LogP contribution is -2.11. The molecule has 0 aliphatic rings. The van der Waals surface area contributed by atoms with E-state index in [9.17, 15) is 13.2 Å². The molecule has 3 aromatic rings. The van der Waals surface area contributed by atoms with Crippen LogP contribution in [-0.4, -0.2) is 11.7 Å². The zero-order chi connectivity index (χ0) is 19.2. The predicted octanol–water partition coefficient (Wildman–Crippen LogP) is 5.66. The number of ether oxygens (including phenoxy) is 1. The Labute approximate surface area is 151 Å². The number of fused-ring (bicyclic) bond motifs is 1. The van der Waals surface area contributed by atoms with Crippen LogP contribution >= 0.6 is 0 Å². The van der Waals surface area contributed by atoms with E-state index in [2.05, 4.69) is 6.07 Å². The second kappa shape index (κ2) is 6.47. The van der Waals surface area contributed by atoms with Crippen LogP contribution in [0.5, 0.6) is 0 Å². The maximum absolute atomic E-state index is 13.2. The molecule has 1 unspecified atom stereocenters. The van der Waals surface area contributed by atoms with Gasteiger partial charge in [0, 0.05) is 25.1 Å². The lowest BCUT2D eigenvalue weighted by molar-refractivity contribution is -0.137. The molecule has 2 aromatic carbocycles. The monoisotopic (exact) mass is 360 g/mol. The summed E-state index contributed by atoms with van der Waals surface area (Å²) in [6.07, 6.45) is -4.75. The zero-order valence-corrected chi connectivity index (χ0v) is 15.5. The van der Waals surface area contributed by atoms with Crippen LogP contribution in [0.3, 0.4) is 0 Å². The number of rotatable bonds is 3. The number of halogens is 3. The van der Waals surface area contributed by atoms with Crippen molar-refractivity contribution in [2.24, 2.45) is 7.05 Å². The van der Waals surface area contributed by atoms with Crippen molar-refractivity contribution in [2.45, 2.75) is 33.1 Å². The average Bonchev–Trinajstić information content (AvgIpc) is 2.88. The number of hydrogen-bond acceptors (Lipinski definition) is 1. The first-order valence-corrected chi connectivity index (χ1v) is 8.33. The Kier molecular flexibility index (Phi) is 4.61. The normalized spacial score (nSPS) is 13.4. The van der Waals surface area contributed by atoms with Crippen LogP contribution in [-0.2, 0) is 18.0 Å². The molecule has 0 fully saturated rings. The van der Waals surface area contributed by atoms with Gasteiger partial charge in [0.1, 0.15) is 6.10 Å². The first-order chi connectivity index (χ1) is 12.1. The van der Waals surface area contributed by atoms with E-state index in [1.165, 1.54) is 12.1 Å². The molecule has 0 N–H and O–H groups in total. The first-order valence-electron chi connectivity index (χ1n) is 8.33. The highest BCUT2D eigenvalue weighted by molar-refractivity contribution is 5.85. The molecule has 137 valence electrons. The van der Waals surface area contributed by atoms with Crippen molar-refractivity contribution in [2.75, 3.05) is 7.11 Å². The number of nitrogens with zero attached hydrogens (tertiary/aromatic N) is 1. The van der Waals surface area contributed by atoms with E-state index in [1.54, 1.807) is 25.6 Å². The highest BCUT2D eigenvalue weighted by Gasteiger charge is 2.32. The summed E-state index contributed by atoms with van der Waals surface area (Å²) in [4.78, 5) is 0. The maximum atomic E-state index is 13.2. The SMILES string of the molecule is COC(c1c(C)[c]ccc1C)c1cc2c(C)cc(C(F)(F)F)cc2n1C. The van der Waals surface area contributed by atoms with Crippen LogP contribution in [0, 0.1) is 26.8 Å². The maximum Gasteiger partial charge on any atom is 0.416 e. The molecule has 0 bridgehead atoms. The molecule has 0 saturated heterocycles. The lowest BCUT2D eigenvalue weighted by atomic mass is 9.96. The van der Waals surface area contributed by atoms with Gasteiger partial charge in [0.2, 0.25) is 0 Å². The first kappa shape index (κ1) is 18.5. The Hall–Kier alpha value is -2.27. The molecule has 1 atom stereocenters. The van der Waals surface area contributed by atoms with E-state index in [4.69, 9.17) is 4.74 Å². The van der Waals surface area contributed by atoms with Crippen LogP contribution in [0.2, 0.25) is 0 Å². The van der Waals surface area contributed by atoms with Gasteiger partial charge >= 0.3 is 6.18 Å². The van der Waals surface area contributed by atoms with Gasteiger partial charge in [-0.3, -0.25) is 0 Å². The summed E-state index contributed by atoms with van der Waals surface area (Å²) < 4.78 is 47.1. The highest BCUT2D eigenvalue weighted by Crippen LogP contribution is 2.37. The van der Waals surface area contributed by atoms with E-state index in [-0.39, 0.29) is 6.10 Å². The van der Waals surface area contributed by atoms with Gasteiger partial charge in [0.05, 0.1) is 11.3 Å². The second-order valence-electron chi connectivity index (χ2n) is 6.67. The van der Waals surface area contributed by atoms with Gasteiger partial charge in [-0.15, -0.1) is 0 Å². The minimum Gasteiger partial charge on any atom is -0.370 e. The molecular weight excluding hydrogens is 339 g/mol. The van der Waals surface area contributed by atoms with Crippen LogP contribution in [0.4, 0.5) is 13.2 Å². The molecule has 1 heterocycles. The summed E-state index contributed by atoms with van der Waals surface area (Å²) in [6, 6.07) is 11.3. The third kappa shape index (κ3) is 3.01. The van der Waals surface area contributed by atoms with Gasteiger partial charge in [-0.05, 0) is 67.3 Å². The Morgan fingerprint density at radius 3 is 2.35 bits per heavy atom. The number of methoxy groups -OCH3 is 1. The van der Waals surface area contributed by atoms with E-state index in [1.807, 2.05) is 32.0 Å². The molecule has 3 rings (SSSR count). The summed E-state index contributed by atoms with van der Waals surface area (Å²) >= 11 is 0. The fourth-order valence-corrected chi connectivity index (χ4v) is 3.59. The standard InChI is InChI=1S/C21H21F3NO/c1-12-7-6-8-13(2)19(12)20(26-5)18-11-16-14(3)9-15(21(22,23)24)10-17(16)25(18)4/h6-7,9-11,20H,1-5H3. The third-order valence-corrected chi connectivity index (χ3v) is 4.96. The number of aryl methyl sites for hydroxylation is 4. The molecule has 2 nitrogen and oxygen atoms in total. The Morgan fingerprint density at radius 2 is 1.77 bits per heavy atom. The zero-order valence-electron chi connectivity index (χ0n) is 15.5. The molecule has 0 aliphatic carbocycles. The molecular formula is C21H21F3NO. The number of benzene rings is 2. The highest BCUT2D eigenvalue weighted by atomic mass is 19.4. The molecule has 0 spiro atoms. The smallest absolute Gasteiger partial charge is 0.370 e. The lowest BCUT2D eigenvalue weighted by Gasteiger charge is -2.21. The van der Waals surface area contributed by atoms with E-state index >= 15 is 0 Å². The topological polar surface area (TPSA) is 14.2 Å². The molecule has 0 aliphatic heterocycles. The van der Waals surface area contributed by atoms with Crippen LogP contribution < -0.4 is 0 Å². The molecule has 5 heteroatoms. The van der Waals surface area contributed by atoms with Crippen molar-refractivity contribution in [3.8, 4) is 0 Å². The van der Waals surface area contributed by atoms with Crippen molar-refractivity contribution in [1.82, 2.24) is 4.57 Å². The number of aromatic nitrogens is 1. The minimum absolute atomic E-state index is 0.376. The summed E-state index contributed by atoms with van der Waals surface area (Å²) in [5.41, 5.74) is 4.35. The minimum atomic E-state index is -4.37. The van der Waals surface area contributed by atoms with E-state index in [0.717, 1.165) is 27.8 Å². The summed E-state index contributed by atoms with van der Waals surface area (Å²) in [6.45, 7) is 5.66. The summed E-state index contributed by atoms with van der Waals surface area (Å²) in [5.74, 6) is 0. The molecule has 0 saturated carbocycles. The van der Waals surface area contributed by atoms with Gasteiger partial charge < -0.3 is 9.30 Å². The van der Waals surface area contributed by atoms with Gasteiger partial charge in [-0.25, -0.2) is 0 Å². The average molecular weight is 360 g/mol. The van der Waals surface area contributed by atoms with Crippen molar-refractivity contribution in [3.05, 3.63) is 69.9 Å². The van der Waals surface area contributed by atoms with Crippen molar-refractivity contribution in [1.29, 1.82) is 0 Å². The Bertz CT molecular complexity index is 949. The fraction of sp³-hybridized carbons (Fsp3) is 0.333. The Balaban J connectivity index is 2.25. The summed E-state index contributed by atoms with van der Waals surface area (Å²) in [5, 5.41) is 0.799. The van der Waals surface area contributed by atoms with Gasteiger partial charge in [-0.1, -0.05) is 12.1 Å². The third-order valence-electron chi connectivity index (χ3n) is 4.96. The van der Waals surface area contributed by atoms with Gasteiger partial charge in [-0.2, -0.15) is 13.2 Å².